The summed E-state index contributed by atoms with van der Waals surface area (Å²) in [7, 11) is 1.41. The predicted molar refractivity (Wildman–Crippen MR) is 146 cm³/mol. The van der Waals surface area contributed by atoms with E-state index in [9.17, 15) is 18.0 Å². The number of aromatic amines is 1. The molecule has 0 saturated carbocycles. The van der Waals surface area contributed by atoms with Crippen LogP contribution < -0.4 is 0 Å². The lowest BCUT2D eigenvalue weighted by molar-refractivity contribution is -0.141. The van der Waals surface area contributed by atoms with Crippen molar-refractivity contribution in [3.8, 4) is 0 Å². The SMILES string of the molecule is COC(=O)C1CSC(C2(CCN3CC[C@@H]4Cc5[nH]c6ccc(C(F)(F)F)cc6c5[C@H](C)[C@H]4C3)CCOCC2)=N1. The number of likely N-dealkylation sites (tertiary alicyclic amines) is 1. The number of aromatic nitrogens is 1. The molecule has 0 spiro atoms. The number of carbonyl (C=O) groups excluding carboxylic acids is 1. The highest BCUT2D eigenvalue weighted by atomic mass is 32.2. The molecule has 1 unspecified atom stereocenters. The van der Waals surface area contributed by atoms with Crippen molar-refractivity contribution in [2.75, 3.05) is 45.7 Å². The summed E-state index contributed by atoms with van der Waals surface area (Å²) in [4.78, 5) is 22.9. The molecule has 0 bridgehead atoms. The van der Waals surface area contributed by atoms with E-state index in [4.69, 9.17) is 14.5 Å². The topological polar surface area (TPSA) is 66.9 Å². The third-order valence-corrected chi connectivity index (χ3v) is 10.9. The van der Waals surface area contributed by atoms with Gasteiger partial charge in [-0.1, -0.05) is 6.92 Å². The second-order valence-corrected chi connectivity index (χ2v) is 12.7. The summed E-state index contributed by atoms with van der Waals surface area (Å²) < 4.78 is 51.1. The van der Waals surface area contributed by atoms with Gasteiger partial charge >= 0.3 is 12.1 Å². The Labute approximate surface area is 231 Å². The molecule has 10 heteroatoms. The molecular formula is C29H36F3N3O3S. The van der Waals surface area contributed by atoms with Crippen molar-refractivity contribution in [1.82, 2.24) is 9.88 Å². The number of piperidine rings is 1. The summed E-state index contributed by atoms with van der Waals surface area (Å²) in [6, 6.07) is 3.67. The van der Waals surface area contributed by atoms with Crippen LogP contribution in [0.2, 0.25) is 0 Å². The van der Waals surface area contributed by atoms with Crippen LogP contribution in [0.1, 0.15) is 55.3 Å². The van der Waals surface area contributed by atoms with Crippen LogP contribution in [0.4, 0.5) is 13.2 Å². The van der Waals surface area contributed by atoms with E-state index in [1.54, 1.807) is 17.8 Å². The van der Waals surface area contributed by atoms with Crippen LogP contribution in [0.3, 0.4) is 0 Å². The maximum absolute atomic E-state index is 13.5. The number of fused-ring (bicyclic) bond motifs is 4. The molecule has 4 heterocycles. The van der Waals surface area contributed by atoms with Gasteiger partial charge in [0, 0.05) is 47.5 Å². The molecule has 1 aliphatic carbocycles. The summed E-state index contributed by atoms with van der Waals surface area (Å²) in [5.74, 6) is 1.50. The minimum absolute atomic E-state index is 0.0707. The number of ether oxygens (including phenoxy) is 2. The van der Waals surface area contributed by atoms with Crippen LogP contribution in [0.5, 0.6) is 0 Å². The van der Waals surface area contributed by atoms with E-state index in [-0.39, 0.29) is 17.3 Å². The van der Waals surface area contributed by atoms with E-state index in [0.29, 0.717) is 30.8 Å². The number of nitrogens with zero attached hydrogens (tertiary/aromatic N) is 2. The van der Waals surface area contributed by atoms with Gasteiger partial charge in [-0.15, -0.1) is 11.8 Å². The summed E-state index contributed by atoms with van der Waals surface area (Å²) in [5.41, 5.74) is 2.34. The molecule has 0 radical (unpaired) electrons. The van der Waals surface area contributed by atoms with Crippen LogP contribution in [-0.4, -0.2) is 72.6 Å². The number of carbonyl (C=O) groups is 1. The Morgan fingerprint density at radius 1 is 1.31 bits per heavy atom. The molecule has 0 amide bonds. The zero-order valence-electron chi connectivity index (χ0n) is 22.5. The fourth-order valence-electron chi connectivity index (χ4n) is 7.35. The average Bonchev–Trinajstić information content (AvgIpc) is 3.57. The van der Waals surface area contributed by atoms with E-state index in [2.05, 4.69) is 16.8 Å². The van der Waals surface area contributed by atoms with Crippen molar-refractivity contribution in [2.24, 2.45) is 22.2 Å². The number of aliphatic imine (C=N–C) groups is 1. The molecule has 1 aromatic heterocycles. The third kappa shape index (κ3) is 5.01. The first-order valence-electron chi connectivity index (χ1n) is 14.0. The van der Waals surface area contributed by atoms with Crippen molar-refractivity contribution in [3.05, 3.63) is 35.0 Å². The summed E-state index contributed by atoms with van der Waals surface area (Å²) >= 11 is 1.69. The zero-order valence-corrected chi connectivity index (χ0v) is 23.3. The molecule has 4 aliphatic rings. The monoisotopic (exact) mass is 563 g/mol. The minimum Gasteiger partial charge on any atom is -0.467 e. The van der Waals surface area contributed by atoms with Gasteiger partial charge in [-0.05, 0) is 86.7 Å². The van der Waals surface area contributed by atoms with Gasteiger partial charge in [0.25, 0.3) is 0 Å². The van der Waals surface area contributed by atoms with Crippen LogP contribution in [-0.2, 0) is 26.9 Å². The van der Waals surface area contributed by atoms with E-state index in [1.165, 1.54) is 19.2 Å². The van der Waals surface area contributed by atoms with Gasteiger partial charge in [-0.3, -0.25) is 4.99 Å². The summed E-state index contributed by atoms with van der Waals surface area (Å²) in [6.07, 6.45) is 0.423. The minimum atomic E-state index is -4.35. The van der Waals surface area contributed by atoms with Gasteiger partial charge in [-0.25, -0.2) is 4.79 Å². The zero-order chi connectivity index (χ0) is 27.4. The van der Waals surface area contributed by atoms with Crippen molar-refractivity contribution in [3.63, 3.8) is 0 Å². The largest absolute Gasteiger partial charge is 0.467 e. The van der Waals surface area contributed by atoms with Crippen LogP contribution in [0.15, 0.2) is 23.2 Å². The first-order valence-corrected chi connectivity index (χ1v) is 15.0. The molecule has 2 fully saturated rings. The van der Waals surface area contributed by atoms with Crippen molar-refractivity contribution in [2.45, 2.75) is 57.2 Å². The second-order valence-electron chi connectivity index (χ2n) is 11.7. The molecule has 6 rings (SSSR count). The molecule has 1 aromatic carbocycles. The number of thioether (sulfide) groups is 1. The molecule has 2 aromatic rings. The number of halogens is 3. The smallest absolute Gasteiger partial charge is 0.416 e. The van der Waals surface area contributed by atoms with Gasteiger partial charge in [0.05, 0.1) is 17.7 Å². The second kappa shape index (κ2) is 10.4. The maximum Gasteiger partial charge on any atom is 0.416 e. The Morgan fingerprint density at radius 3 is 2.85 bits per heavy atom. The number of esters is 1. The van der Waals surface area contributed by atoms with Gasteiger partial charge in [0.2, 0.25) is 0 Å². The lowest BCUT2D eigenvalue weighted by atomic mass is 9.68. The van der Waals surface area contributed by atoms with Gasteiger partial charge in [0.1, 0.15) is 0 Å². The molecule has 2 saturated heterocycles. The lowest BCUT2D eigenvalue weighted by Crippen LogP contribution is -2.47. The fraction of sp³-hybridized carbons (Fsp3) is 0.655. The highest BCUT2D eigenvalue weighted by Gasteiger charge is 2.44. The molecular weight excluding hydrogens is 527 g/mol. The molecule has 1 N–H and O–H groups in total. The Morgan fingerprint density at radius 2 is 2.10 bits per heavy atom. The Balaban J connectivity index is 1.19. The van der Waals surface area contributed by atoms with E-state index in [1.807, 2.05) is 0 Å². The van der Waals surface area contributed by atoms with E-state index in [0.717, 1.165) is 78.9 Å². The predicted octanol–water partition coefficient (Wildman–Crippen LogP) is 5.66. The van der Waals surface area contributed by atoms with Gasteiger partial charge < -0.3 is 19.4 Å². The van der Waals surface area contributed by atoms with Crippen molar-refractivity contribution >= 4 is 33.7 Å². The number of nitrogens with one attached hydrogen (secondary N) is 1. The molecule has 39 heavy (non-hydrogen) atoms. The van der Waals surface area contributed by atoms with Crippen molar-refractivity contribution in [1.29, 1.82) is 0 Å². The first kappa shape index (κ1) is 27.1. The quantitative estimate of drug-likeness (QED) is 0.476. The average molecular weight is 564 g/mol. The molecule has 212 valence electrons. The lowest BCUT2D eigenvalue weighted by Gasteiger charge is -2.46. The number of alkyl halides is 3. The van der Waals surface area contributed by atoms with Gasteiger partial charge in [-0.2, -0.15) is 13.2 Å². The Bertz CT molecular complexity index is 1270. The number of hydrogen-bond acceptors (Lipinski definition) is 6. The normalized spacial score (nSPS) is 29.1. The Hall–Kier alpha value is -2.04. The number of benzene rings is 1. The molecule has 6 nitrogen and oxygen atoms in total. The summed E-state index contributed by atoms with van der Waals surface area (Å²) in [5, 5.41) is 1.80. The first-order chi connectivity index (χ1) is 18.7. The highest BCUT2D eigenvalue weighted by molar-refractivity contribution is 8.14. The number of rotatable bonds is 5. The molecule has 3 aliphatic heterocycles. The third-order valence-electron chi connectivity index (χ3n) is 9.64. The molecule has 4 atom stereocenters. The standard InChI is InChI=1S/C29H36F3N3O3S/c1-17-21-15-35(10-6-28(7-11-38-12-8-28)27-34-24(16-39-27)26(36)37-2)9-5-18(21)13-23-25(17)20-14-19(29(30,31)32)3-4-22(20)33-23/h3-4,14,17-18,21,24,33H,5-13,15-16H2,1-2H3/t17-,18-,21-,24?/m1/s1. The highest BCUT2D eigenvalue weighted by Crippen LogP contribution is 2.48. The maximum atomic E-state index is 13.5. The van der Waals surface area contributed by atoms with Crippen molar-refractivity contribution < 1.29 is 27.4 Å². The van der Waals surface area contributed by atoms with Crippen LogP contribution in [0, 0.1) is 17.3 Å². The Kier molecular flexibility index (Phi) is 7.25. The fourth-order valence-corrected chi connectivity index (χ4v) is 8.69. The number of H-pyrrole nitrogens is 1. The van der Waals surface area contributed by atoms with E-state index < -0.39 is 17.8 Å². The van der Waals surface area contributed by atoms with E-state index >= 15 is 0 Å². The number of methoxy groups -OCH3 is 1. The summed E-state index contributed by atoms with van der Waals surface area (Å²) in [6.45, 7) is 6.52. The van der Waals surface area contributed by atoms with Crippen LogP contribution in [0.25, 0.3) is 10.9 Å². The van der Waals surface area contributed by atoms with Gasteiger partial charge in [0.15, 0.2) is 6.04 Å². The number of hydrogen-bond donors (Lipinski definition) is 1. The van der Waals surface area contributed by atoms with Crippen LogP contribution >= 0.6 is 11.8 Å².